The SMILES string of the molecule is CC1(C)C(=O)NC(=O)N1Cc1cc(Cl)ccc1F. The number of hydrogen-bond acceptors (Lipinski definition) is 2. The van der Waals surface area contributed by atoms with Gasteiger partial charge in [-0.05, 0) is 32.0 Å². The van der Waals surface area contributed by atoms with Crippen molar-refractivity contribution in [3.63, 3.8) is 0 Å². The molecule has 1 N–H and O–H groups in total. The van der Waals surface area contributed by atoms with Gasteiger partial charge >= 0.3 is 6.03 Å². The first kappa shape index (κ1) is 12.8. The zero-order chi connectivity index (χ0) is 13.5. The summed E-state index contributed by atoms with van der Waals surface area (Å²) in [5.74, 6) is -0.850. The summed E-state index contributed by atoms with van der Waals surface area (Å²) in [6.45, 7) is 3.21. The predicted octanol–water partition coefficient (Wildman–Crippen LogP) is 2.31. The summed E-state index contributed by atoms with van der Waals surface area (Å²) in [6.07, 6.45) is 0. The summed E-state index contributed by atoms with van der Waals surface area (Å²) in [4.78, 5) is 24.5. The van der Waals surface area contributed by atoms with Gasteiger partial charge in [-0.25, -0.2) is 9.18 Å². The lowest BCUT2D eigenvalue weighted by Gasteiger charge is -2.28. The van der Waals surface area contributed by atoms with E-state index in [1.165, 1.54) is 23.1 Å². The molecule has 1 saturated heterocycles. The largest absolute Gasteiger partial charge is 0.325 e. The fraction of sp³-hybridized carbons (Fsp3) is 0.333. The Morgan fingerprint density at radius 2 is 2.06 bits per heavy atom. The molecule has 1 aliphatic rings. The van der Waals surface area contributed by atoms with Gasteiger partial charge in [0.15, 0.2) is 0 Å². The Hall–Kier alpha value is -1.62. The number of hydrogen-bond donors (Lipinski definition) is 1. The molecule has 1 aromatic rings. The van der Waals surface area contributed by atoms with Crippen LogP contribution in [0.5, 0.6) is 0 Å². The molecule has 4 nitrogen and oxygen atoms in total. The number of carbonyl (C=O) groups excluding carboxylic acids is 2. The van der Waals surface area contributed by atoms with Crippen LogP contribution in [0.3, 0.4) is 0 Å². The van der Waals surface area contributed by atoms with Crippen LogP contribution in [0.4, 0.5) is 9.18 Å². The number of carbonyl (C=O) groups is 2. The van der Waals surface area contributed by atoms with Crippen LogP contribution in [-0.2, 0) is 11.3 Å². The topological polar surface area (TPSA) is 49.4 Å². The normalized spacial score (nSPS) is 18.1. The zero-order valence-electron chi connectivity index (χ0n) is 9.96. The molecule has 0 saturated carbocycles. The van der Waals surface area contributed by atoms with Crippen LogP contribution < -0.4 is 5.32 Å². The Morgan fingerprint density at radius 1 is 1.39 bits per heavy atom. The van der Waals surface area contributed by atoms with Crippen molar-refractivity contribution in [1.29, 1.82) is 0 Å². The van der Waals surface area contributed by atoms with Gasteiger partial charge in [-0.2, -0.15) is 0 Å². The molecule has 2 rings (SSSR count). The van der Waals surface area contributed by atoms with Gasteiger partial charge in [0, 0.05) is 10.6 Å². The number of imide groups is 1. The summed E-state index contributed by atoms with van der Waals surface area (Å²) in [6, 6.07) is 3.59. The van der Waals surface area contributed by atoms with Crippen LogP contribution in [-0.4, -0.2) is 22.4 Å². The molecular formula is C12H12ClFN2O2. The first-order valence-electron chi connectivity index (χ1n) is 5.39. The lowest BCUT2D eigenvalue weighted by Crippen LogP contribution is -2.43. The van der Waals surface area contributed by atoms with Gasteiger partial charge in [-0.1, -0.05) is 11.6 Å². The maximum Gasteiger partial charge on any atom is 0.325 e. The fourth-order valence-corrected chi connectivity index (χ4v) is 1.99. The highest BCUT2D eigenvalue weighted by Gasteiger charge is 2.45. The minimum atomic E-state index is -0.994. The van der Waals surface area contributed by atoms with Crippen molar-refractivity contribution in [1.82, 2.24) is 10.2 Å². The fourth-order valence-electron chi connectivity index (χ4n) is 1.80. The smallest absolute Gasteiger partial charge is 0.306 e. The Kier molecular flexibility index (Phi) is 3.02. The van der Waals surface area contributed by atoms with E-state index in [1.54, 1.807) is 13.8 Å². The molecule has 1 heterocycles. The quantitative estimate of drug-likeness (QED) is 0.839. The number of amides is 3. The number of benzene rings is 1. The van der Waals surface area contributed by atoms with E-state index in [-0.39, 0.29) is 12.1 Å². The van der Waals surface area contributed by atoms with Gasteiger partial charge in [0.25, 0.3) is 5.91 Å². The van der Waals surface area contributed by atoms with Gasteiger partial charge < -0.3 is 4.90 Å². The number of urea groups is 1. The summed E-state index contributed by atoms with van der Waals surface area (Å²) < 4.78 is 13.6. The van der Waals surface area contributed by atoms with E-state index in [2.05, 4.69) is 5.32 Å². The number of nitrogens with zero attached hydrogens (tertiary/aromatic N) is 1. The molecule has 0 atom stereocenters. The molecule has 0 radical (unpaired) electrons. The van der Waals surface area contributed by atoms with Crippen molar-refractivity contribution < 1.29 is 14.0 Å². The Morgan fingerprint density at radius 3 is 2.61 bits per heavy atom. The van der Waals surface area contributed by atoms with Crippen molar-refractivity contribution in [2.24, 2.45) is 0 Å². The van der Waals surface area contributed by atoms with Crippen LogP contribution >= 0.6 is 11.6 Å². The molecule has 0 bridgehead atoms. The highest BCUT2D eigenvalue weighted by atomic mass is 35.5. The second kappa shape index (κ2) is 4.24. The molecule has 3 amide bonds. The van der Waals surface area contributed by atoms with Gasteiger partial charge in [0.2, 0.25) is 0 Å². The summed E-state index contributed by atoms with van der Waals surface area (Å²) in [7, 11) is 0. The zero-order valence-corrected chi connectivity index (χ0v) is 10.7. The van der Waals surface area contributed by atoms with Crippen LogP contribution in [0.15, 0.2) is 18.2 Å². The highest BCUT2D eigenvalue weighted by Crippen LogP contribution is 2.25. The van der Waals surface area contributed by atoms with Gasteiger partial charge in [0.05, 0.1) is 6.54 Å². The second-order valence-electron chi connectivity index (χ2n) is 4.64. The first-order valence-corrected chi connectivity index (χ1v) is 5.77. The molecule has 1 fully saturated rings. The summed E-state index contributed by atoms with van der Waals surface area (Å²) in [5.41, 5.74) is -0.716. The van der Waals surface area contributed by atoms with Crippen LogP contribution in [0.25, 0.3) is 0 Å². The van der Waals surface area contributed by atoms with Crippen molar-refractivity contribution in [3.05, 3.63) is 34.6 Å². The third-order valence-electron chi connectivity index (χ3n) is 3.03. The average Bonchev–Trinajstić information content (AvgIpc) is 2.46. The van der Waals surface area contributed by atoms with Crippen molar-refractivity contribution in [2.45, 2.75) is 25.9 Å². The first-order chi connectivity index (χ1) is 8.32. The maximum atomic E-state index is 13.6. The lowest BCUT2D eigenvalue weighted by molar-refractivity contribution is -0.125. The van der Waals surface area contributed by atoms with E-state index in [0.29, 0.717) is 5.02 Å². The third kappa shape index (κ3) is 2.06. The second-order valence-corrected chi connectivity index (χ2v) is 5.08. The van der Waals surface area contributed by atoms with Gasteiger partial charge in [0.1, 0.15) is 11.4 Å². The van der Waals surface area contributed by atoms with E-state index < -0.39 is 23.3 Å². The summed E-state index contributed by atoms with van der Waals surface area (Å²) in [5, 5.41) is 2.59. The van der Waals surface area contributed by atoms with E-state index >= 15 is 0 Å². The number of halogens is 2. The molecule has 6 heteroatoms. The van der Waals surface area contributed by atoms with Crippen molar-refractivity contribution in [3.8, 4) is 0 Å². The average molecular weight is 271 g/mol. The Bertz CT molecular complexity index is 531. The van der Waals surface area contributed by atoms with E-state index in [9.17, 15) is 14.0 Å². The maximum absolute atomic E-state index is 13.6. The molecular weight excluding hydrogens is 259 g/mol. The molecule has 1 aromatic carbocycles. The molecule has 0 aromatic heterocycles. The van der Waals surface area contributed by atoms with Crippen LogP contribution in [0.2, 0.25) is 5.02 Å². The van der Waals surface area contributed by atoms with E-state index in [1.807, 2.05) is 0 Å². The molecule has 18 heavy (non-hydrogen) atoms. The van der Waals surface area contributed by atoms with Gasteiger partial charge in [-0.15, -0.1) is 0 Å². The molecule has 0 aliphatic carbocycles. The Labute approximate surface area is 109 Å². The Balaban J connectivity index is 2.31. The molecule has 0 spiro atoms. The number of nitrogens with one attached hydrogen (secondary N) is 1. The van der Waals surface area contributed by atoms with Crippen LogP contribution in [0.1, 0.15) is 19.4 Å². The van der Waals surface area contributed by atoms with Crippen molar-refractivity contribution >= 4 is 23.5 Å². The van der Waals surface area contributed by atoms with Crippen LogP contribution in [0, 0.1) is 5.82 Å². The highest BCUT2D eigenvalue weighted by molar-refractivity contribution is 6.30. The molecule has 0 unspecified atom stereocenters. The summed E-state index contributed by atoms with van der Waals surface area (Å²) >= 11 is 5.79. The van der Waals surface area contributed by atoms with E-state index in [0.717, 1.165) is 0 Å². The monoisotopic (exact) mass is 270 g/mol. The number of rotatable bonds is 2. The lowest BCUT2D eigenvalue weighted by atomic mass is 10.0. The van der Waals surface area contributed by atoms with Crippen molar-refractivity contribution in [2.75, 3.05) is 0 Å². The van der Waals surface area contributed by atoms with E-state index in [4.69, 9.17) is 11.6 Å². The predicted molar refractivity (Wildman–Crippen MR) is 64.6 cm³/mol. The minimum Gasteiger partial charge on any atom is -0.306 e. The molecule has 96 valence electrons. The third-order valence-corrected chi connectivity index (χ3v) is 3.27. The standard InChI is InChI=1S/C12H12ClFN2O2/c1-12(2)10(17)15-11(18)16(12)6-7-5-8(13)3-4-9(7)14/h3-5H,6H2,1-2H3,(H,15,17,18). The molecule has 1 aliphatic heterocycles. The minimum absolute atomic E-state index is 0.00301. The van der Waals surface area contributed by atoms with Gasteiger partial charge in [-0.3, -0.25) is 10.1 Å².